The summed E-state index contributed by atoms with van der Waals surface area (Å²) < 4.78 is 5.53. The fraction of sp³-hybridized carbons (Fsp3) is 0.417. The third kappa shape index (κ3) is 4.48. The van der Waals surface area contributed by atoms with Gasteiger partial charge in [0.15, 0.2) is 0 Å². The topological polar surface area (TPSA) is 36.3 Å². The molecule has 0 aromatic heterocycles. The highest BCUT2D eigenvalue weighted by Gasteiger charge is 1.97. The van der Waals surface area contributed by atoms with Crippen molar-refractivity contribution in [2.24, 2.45) is 0 Å². The predicted octanol–water partition coefficient (Wildman–Crippen LogP) is 1.83. The summed E-state index contributed by atoms with van der Waals surface area (Å²) in [6.07, 6.45) is 0. The quantitative estimate of drug-likeness (QED) is 0.686. The van der Waals surface area contributed by atoms with Gasteiger partial charge in [-0.1, -0.05) is 17.7 Å². The van der Waals surface area contributed by atoms with Crippen LogP contribution in [0.2, 0.25) is 0 Å². The van der Waals surface area contributed by atoms with Gasteiger partial charge in [0.05, 0.1) is 12.6 Å². The number of rotatable bonds is 5. The van der Waals surface area contributed by atoms with Crippen LogP contribution in [-0.4, -0.2) is 31.6 Å². The minimum Gasteiger partial charge on any atom is -0.492 e. The zero-order chi connectivity index (χ0) is 11.1. The first-order chi connectivity index (χ1) is 7.22. The summed E-state index contributed by atoms with van der Waals surface area (Å²) in [4.78, 5) is 1.92. The maximum atomic E-state index is 8.45. The molecule has 0 bridgehead atoms. The monoisotopic (exact) mass is 204 g/mol. The van der Waals surface area contributed by atoms with Crippen molar-refractivity contribution in [3.8, 4) is 11.8 Å². The molecule has 0 spiro atoms. The van der Waals surface area contributed by atoms with E-state index in [4.69, 9.17) is 10.00 Å². The second-order valence-electron chi connectivity index (χ2n) is 3.56. The van der Waals surface area contributed by atoms with Crippen molar-refractivity contribution in [2.75, 3.05) is 26.7 Å². The number of ether oxygens (including phenoxy) is 1. The molecule has 0 radical (unpaired) electrons. The lowest BCUT2D eigenvalue weighted by Crippen LogP contribution is -2.24. The average molecular weight is 204 g/mol. The normalized spacial score (nSPS) is 10.0. The van der Waals surface area contributed by atoms with Crippen molar-refractivity contribution in [1.29, 1.82) is 5.26 Å². The molecule has 0 atom stereocenters. The smallest absolute Gasteiger partial charge is 0.119 e. The summed E-state index contributed by atoms with van der Waals surface area (Å²) in [5.41, 5.74) is 1.23. The van der Waals surface area contributed by atoms with Gasteiger partial charge in [-0.15, -0.1) is 0 Å². The van der Waals surface area contributed by atoms with Crippen molar-refractivity contribution in [3.05, 3.63) is 29.8 Å². The van der Waals surface area contributed by atoms with Crippen molar-refractivity contribution in [3.63, 3.8) is 0 Å². The van der Waals surface area contributed by atoms with E-state index in [9.17, 15) is 0 Å². The molecule has 3 nitrogen and oxygen atoms in total. The van der Waals surface area contributed by atoms with Crippen LogP contribution in [0, 0.1) is 18.3 Å². The molecule has 1 aromatic carbocycles. The molecule has 1 rings (SSSR count). The summed E-state index contributed by atoms with van der Waals surface area (Å²) in [5, 5.41) is 8.45. The second-order valence-corrected chi connectivity index (χ2v) is 3.56. The molecule has 0 aliphatic heterocycles. The molecule has 0 aliphatic rings. The highest BCUT2D eigenvalue weighted by Crippen LogP contribution is 2.10. The first kappa shape index (κ1) is 11.5. The van der Waals surface area contributed by atoms with Crippen LogP contribution in [0.4, 0.5) is 0 Å². The lowest BCUT2D eigenvalue weighted by atomic mass is 10.2. The van der Waals surface area contributed by atoms with Crippen LogP contribution in [0.3, 0.4) is 0 Å². The van der Waals surface area contributed by atoms with Crippen LogP contribution in [-0.2, 0) is 0 Å². The third-order valence-electron chi connectivity index (χ3n) is 2.10. The summed E-state index contributed by atoms with van der Waals surface area (Å²) in [6.45, 7) is 3.87. The van der Waals surface area contributed by atoms with Gasteiger partial charge in [-0.3, -0.25) is 4.90 Å². The predicted molar refractivity (Wildman–Crippen MR) is 59.8 cm³/mol. The molecular weight excluding hydrogens is 188 g/mol. The zero-order valence-electron chi connectivity index (χ0n) is 9.23. The maximum Gasteiger partial charge on any atom is 0.119 e. The number of hydrogen-bond donors (Lipinski definition) is 0. The van der Waals surface area contributed by atoms with E-state index in [1.165, 1.54) is 5.56 Å². The highest BCUT2D eigenvalue weighted by molar-refractivity contribution is 5.26. The van der Waals surface area contributed by atoms with Crippen LogP contribution in [0.25, 0.3) is 0 Å². The zero-order valence-corrected chi connectivity index (χ0v) is 9.23. The van der Waals surface area contributed by atoms with E-state index in [2.05, 4.69) is 6.07 Å². The Morgan fingerprint density at radius 3 is 2.60 bits per heavy atom. The van der Waals surface area contributed by atoms with E-state index in [1.54, 1.807) is 0 Å². The maximum absolute atomic E-state index is 8.45. The highest BCUT2D eigenvalue weighted by atomic mass is 16.5. The van der Waals surface area contributed by atoms with Gasteiger partial charge in [0.25, 0.3) is 0 Å². The molecule has 0 fully saturated rings. The van der Waals surface area contributed by atoms with E-state index in [-0.39, 0.29) is 0 Å². The van der Waals surface area contributed by atoms with E-state index in [0.29, 0.717) is 13.2 Å². The van der Waals surface area contributed by atoms with E-state index < -0.39 is 0 Å². The van der Waals surface area contributed by atoms with Gasteiger partial charge < -0.3 is 4.74 Å². The minimum atomic E-state index is 0.442. The Hall–Kier alpha value is -1.53. The van der Waals surface area contributed by atoms with E-state index in [0.717, 1.165) is 12.3 Å². The van der Waals surface area contributed by atoms with Gasteiger partial charge in [-0.25, -0.2) is 0 Å². The Kier molecular flexibility index (Phi) is 4.65. The molecular formula is C12H16N2O. The van der Waals surface area contributed by atoms with Crippen molar-refractivity contribution in [1.82, 2.24) is 4.90 Å². The SMILES string of the molecule is Cc1ccc(OCCN(C)CC#N)cc1. The molecule has 1 aromatic rings. The van der Waals surface area contributed by atoms with Gasteiger partial charge in [0.2, 0.25) is 0 Å². The number of nitriles is 1. The molecule has 0 N–H and O–H groups in total. The lowest BCUT2D eigenvalue weighted by molar-refractivity contribution is 0.251. The Morgan fingerprint density at radius 1 is 1.33 bits per heavy atom. The molecule has 0 heterocycles. The molecule has 0 saturated heterocycles. The molecule has 3 heteroatoms. The molecule has 0 amide bonds. The summed E-state index contributed by atoms with van der Waals surface area (Å²) >= 11 is 0. The fourth-order valence-corrected chi connectivity index (χ4v) is 1.15. The molecule has 80 valence electrons. The second kappa shape index (κ2) is 6.05. The number of aryl methyl sites for hydroxylation is 1. The largest absolute Gasteiger partial charge is 0.492 e. The standard InChI is InChI=1S/C12H16N2O/c1-11-3-5-12(6-4-11)15-10-9-14(2)8-7-13/h3-6H,8-10H2,1-2H3. The van der Waals surface area contributed by atoms with Crippen LogP contribution in [0.5, 0.6) is 5.75 Å². The average Bonchev–Trinajstić information content (AvgIpc) is 2.21. The van der Waals surface area contributed by atoms with Crippen molar-refractivity contribution >= 4 is 0 Å². The van der Waals surface area contributed by atoms with Crippen molar-refractivity contribution in [2.45, 2.75) is 6.92 Å². The fourth-order valence-electron chi connectivity index (χ4n) is 1.15. The lowest BCUT2D eigenvalue weighted by Gasteiger charge is -2.13. The number of hydrogen-bond acceptors (Lipinski definition) is 3. The Bertz CT molecular complexity index is 326. The van der Waals surface area contributed by atoms with Gasteiger partial charge in [0, 0.05) is 6.54 Å². The van der Waals surface area contributed by atoms with E-state index >= 15 is 0 Å². The van der Waals surface area contributed by atoms with Gasteiger partial charge in [-0.2, -0.15) is 5.26 Å². The van der Waals surface area contributed by atoms with Gasteiger partial charge in [0.1, 0.15) is 12.4 Å². The Labute approximate surface area is 90.9 Å². The first-order valence-corrected chi connectivity index (χ1v) is 4.97. The third-order valence-corrected chi connectivity index (χ3v) is 2.10. The number of nitrogens with zero attached hydrogens (tertiary/aromatic N) is 2. The van der Waals surface area contributed by atoms with Gasteiger partial charge in [-0.05, 0) is 26.1 Å². The van der Waals surface area contributed by atoms with Crippen molar-refractivity contribution < 1.29 is 4.74 Å². The molecule has 15 heavy (non-hydrogen) atoms. The molecule has 0 aliphatic carbocycles. The summed E-state index contributed by atoms with van der Waals surface area (Å²) in [7, 11) is 1.90. The summed E-state index contributed by atoms with van der Waals surface area (Å²) in [6, 6.07) is 10.1. The Balaban J connectivity index is 2.26. The molecule has 0 saturated carbocycles. The Morgan fingerprint density at radius 2 is 2.00 bits per heavy atom. The van der Waals surface area contributed by atoms with E-state index in [1.807, 2.05) is 43.1 Å². The number of benzene rings is 1. The molecule has 0 unspecified atom stereocenters. The van der Waals surface area contributed by atoms with Crippen LogP contribution in [0.15, 0.2) is 24.3 Å². The van der Waals surface area contributed by atoms with Crippen LogP contribution < -0.4 is 4.74 Å². The number of likely N-dealkylation sites (N-methyl/N-ethyl adjacent to an activating group) is 1. The summed E-state index contributed by atoms with van der Waals surface area (Å²) in [5.74, 6) is 0.881. The first-order valence-electron chi connectivity index (χ1n) is 4.97. The van der Waals surface area contributed by atoms with Gasteiger partial charge >= 0.3 is 0 Å². The minimum absolute atomic E-state index is 0.442. The van der Waals surface area contributed by atoms with Crippen LogP contribution >= 0.6 is 0 Å². The van der Waals surface area contributed by atoms with Crippen LogP contribution in [0.1, 0.15) is 5.56 Å².